The molecule has 0 saturated heterocycles. The molecule has 5 unspecified atom stereocenters. The van der Waals surface area contributed by atoms with Gasteiger partial charge in [-0.3, -0.25) is 4.79 Å². The summed E-state index contributed by atoms with van der Waals surface area (Å²) in [5.74, 6) is -0.430. The number of alkyl halides is 2. The highest BCUT2D eigenvalue weighted by molar-refractivity contribution is 6.25. The smallest absolute Gasteiger partial charge is 0.303 e. The van der Waals surface area contributed by atoms with Crippen molar-refractivity contribution < 1.29 is 20.1 Å². The predicted molar refractivity (Wildman–Crippen MR) is 116 cm³/mol. The number of aliphatic hydroxyl groups excluding tert-OH is 1. The number of halogens is 2. The Hall–Kier alpha value is -1.07. The van der Waals surface area contributed by atoms with Crippen LogP contribution in [0.3, 0.4) is 0 Å². The summed E-state index contributed by atoms with van der Waals surface area (Å²) in [7, 11) is 0. The van der Waals surface area contributed by atoms with Gasteiger partial charge >= 0.3 is 5.97 Å². The molecule has 1 aromatic rings. The Labute approximate surface area is 182 Å². The van der Waals surface area contributed by atoms with Crippen molar-refractivity contribution in [3.05, 3.63) is 47.5 Å². The zero-order valence-electron chi connectivity index (χ0n) is 16.5. The topological polar surface area (TPSA) is 77.8 Å². The predicted octanol–water partition coefficient (Wildman–Crippen LogP) is 5.15. The number of carboxylic acid groups (broad SMARTS) is 1. The van der Waals surface area contributed by atoms with Gasteiger partial charge in [0.05, 0.1) is 5.60 Å². The van der Waals surface area contributed by atoms with E-state index in [1.54, 1.807) is 0 Å². The summed E-state index contributed by atoms with van der Waals surface area (Å²) in [5, 5.41) is 29.5. The first kappa shape index (κ1) is 22.6. The number of hydrogen-bond acceptors (Lipinski definition) is 3. The van der Waals surface area contributed by atoms with Gasteiger partial charge in [-0.1, -0.05) is 36.4 Å². The van der Waals surface area contributed by atoms with Crippen molar-refractivity contribution in [2.24, 2.45) is 5.92 Å². The average Bonchev–Trinajstić information content (AvgIpc) is 2.95. The number of rotatable bonds is 9. The minimum Gasteiger partial charge on any atom is -0.481 e. The van der Waals surface area contributed by atoms with Crippen LogP contribution in [0.2, 0.25) is 0 Å². The molecule has 0 radical (unpaired) electrons. The maximum Gasteiger partial charge on any atom is 0.303 e. The summed E-state index contributed by atoms with van der Waals surface area (Å²) in [6.07, 6.45) is 8.61. The second-order valence-electron chi connectivity index (χ2n) is 8.48. The van der Waals surface area contributed by atoms with Gasteiger partial charge in [0.1, 0.15) is 6.10 Å². The van der Waals surface area contributed by atoms with Crippen LogP contribution in [-0.2, 0) is 4.79 Å². The summed E-state index contributed by atoms with van der Waals surface area (Å²) in [6.45, 7) is 0. The lowest BCUT2D eigenvalue weighted by molar-refractivity contribution is -0.137. The number of hydrogen-bond donors (Lipinski definition) is 3. The molecular weight excluding hydrogens is 411 g/mol. The minimum atomic E-state index is -0.987. The molecule has 0 bridgehead atoms. The molecule has 3 N–H and O–H groups in total. The van der Waals surface area contributed by atoms with Crippen molar-refractivity contribution in [1.29, 1.82) is 0 Å². The number of allylic oxidation sites excluding steroid dienone is 2. The summed E-state index contributed by atoms with van der Waals surface area (Å²) in [4.78, 5) is 10.6. The lowest BCUT2D eigenvalue weighted by atomic mass is 9.74. The van der Waals surface area contributed by atoms with E-state index in [0.29, 0.717) is 19.3 Å². The standard InChI is InChI=1S/C23H30Cl2O4/c24-18-14-19(25)21(17(18)6-3-1-2-4-7-20(26)27)15-8-10-16(11-9-15)22(28)23(29)12-5-13-23/h1,3,8-11,17-19,21-22,28-29H,2,4-7,12-14H2,(H,26,27). The Morgan fingerprint density at radius 1 is 1.17 bits per heavy atom. The van der Waals surface area contributed by atoms with Crippen molar-refractivity contribution in [2.45, 2.75) is 79.7 Å². The number of benzene rings is 1. The number of unbranched alkanes of at least 4 members (excludes halogenated alkanes) is 1. The normalized spacial score (nSPS) is 29.7. The van der Waals surface area contributed by atoms with Gasteiger partial charge < -0.3 is 15.3 Å². The van der Waals surface area contributed by atoms with Gasteiger partial charge in [0.25, 0.3) is 0 Å². The Balaban J connectivity index is 1.63. The van der Waals surface area contributed by atoms with Crippen molar-refractivity contribution in [2.75, 3.05) is 0 Å². The highest BCUT2D eigenvalue weighted by atomic mass is 35.5. The average molecular weight is 441 g/mol. The summed E-state index contributed by atoms with van der Waals surface area (Å²) in [5.41, 5.74) is 0.852. The van der Waals surface area contributed by atoms with Crippen LogP contribution in [0.25, 0.3) is 0 Å². The highest BCUT2D eigenvalue weighted by Crippen LogP contribution is 2.48. The minimum absolute atomic E-state index is 0.00729. The molecule has 2 aliphatic rings. The van der Waals surface area contributed by atoms with Crippen LogP contribution in [0.1, 0.15) is 74.5 Å². The molecule has 0 aliphatic heterocycles. The van der Waals surface area contributed by atoms with Crippen LogP contribution in [0.4, 0.5) is 0 Å². The molecule has 29 heavy (non-hydrogen) atoms. The number of aliphatic hydroxyl groups is 2. The second kappa shape index (κ2) is 9.82. The Morgan fingerprint density at radius 2 is 1.86 bits per heavy atom. The monoisotopic (exact) mass is 440 g/mol. The lowest BCUT2D eigenvalue weighted by Crippen LogP contribution is -2.42. The van der Waals surface area contributed by atoms with E-state index in [9.17, 15) is 15.0 Å². The van der Waals surface area contributed by atoms with E-state index in [1.807, 2.05) is 30.3 Å². The third-order valence-electron chi connectivity index (χ3n) is 6.47. The molecule has 0 heterocycles. The molecule has 0 spiro atoms. The molecule has 2 saturated carbocycles. The Bertz CT molecular complexity index is 714. The fraction of sp³-hybridized carbons (Fsp3) is 0.609. The summed E-state index contributed by atoms with van der Waals surface area (Å²) >= 11 is 13.2. The maximum atomic E-state index is 10.6. The van der Waals surface area contributed by atoms with Gasteiger partial charge in [0.15, 0.2) is 0 Å². The van der Waals surface area contributed by atoms with Gasteiger partial charge in [-0.2, -0.15) is 0 Å². The fourth-order valence-corrected chi connectivity index (χ4v) is 5.61. The first-order valence-electron chi connectivity index (χ1n) is 10.5. The molecule has 160 valence electrons. The molecule has 2 aliphatic carbocycles. The van der Waals surface area contributed by atoms with E-state index < -0.39 is 17.7 Å². The molecule has 3 rings (SSSR count). The summed E-state index contributed by atoms with van der Waals surface area (Å²) in [6, 6.07) is 7.78. The molecule has 5 atom stereocenters. The fourth-order valence-electron chi connectivity index (χ4n) is 4.55. The zero-order valence-corrected chi connectivity index (χ0v) is 18.0. The van der Waals surface area contributed by atoms with Crippen molar-refractivity contribution >= 4 is 29.2 Å². The molecule has 4 nitrogen and oxygen atoms in total. The molecule has 6 heteroatoms. The molecule has 0 amide bonds. The number of carbonyl (C=O) groups is 1. The molecule has 1 aromatic carbocycles. The van der Waals surface area contributed by atoms with Crippen LogP contribution < -0.4 is 0 Å². The number of aliphatic carboxylic acids is 1. The van der Waals surface area contributed by atoms with Gasteiger partial charge in [-0.15, -0.1) is 23.2 Å². The van der Waals surface area contributed by atoms with Crippen LogP contribution in [-0.4, -0.2) is 37.6 Å². The van der Waals surface area contributed by atoms with E-state index in [2.05, 4.69) is 6.08 Å². The summed E-state index contributed by atoms with van der Waals surface area (Å²) < 4.78 is 0. The molecule has 2 fully saturated rings. The van der Waals surface area contributed by atoms with Crippen LogP contribution >= 0.6 is 23.2 Å². The first-order chi connectivity index (χ1) is 13.8. The van der Waals surface area contributed by atoms with Gasteiger partial charge in [-0.25, -0.2) is 0 Å². The highest BCUT2D eigenvalue weighted by Gasteiger charge is 2.43. The largest absolute Gasteiger partial charge is 0.481 e. The van der Waals surface area contributed by atoms with E-state index in [4.69, 9.17) is 28.3 Å². The SMILES string of the molecule is O=C(O)CCCC=CCC1C(Cl)CC(Cl)C1c1ccc(C(O)C2(O)CCC2)cc1. The maximum absolute atomic E-state index is 10.6. The van der Waals surface area contributed by atoms with Gasteiger partial charge in [-0.05, 0) is 62.0 Å². The van der Waals surface area contributed by atoms with Crippen LogP contribution in [0.15, 0.2) is 36.4 Å². The molecular formula is C23H30Cl2O4. The van der Waals surface area contributed by atoms with Crippen molar-refractivity contribution in [1.82, 2.24) is 0 Å². The third-order valence-corrected chi connectivity index (χ3v) is 7.42. The zero-order chi connectivity index (χ0) is 21.0. The quantitative estimate of drug-likeness (QED) is 0.281. The van der Waals surface area contributed by atoms with Crippen LogP contribution in [0, 0.1) is 5.92 Å². The Kier molecular flexibility index (Phi) is 7.66. The first-order valence-corrected chi connectivity index (χ1v) is 11.3. The van der Waals surface area contributed by atoms with E-state index in [1.165, 1.54) is 0 Å². The molecule has 0 aromatic heterocycles. The van der Waals surface area contributed by atoms with Crippen molar-refractivity contribution in [3.8, 4) is 0 Å². The van der Waals surface area contributed by atoms with E-state index >= 15 is 0 Å². The van der Waals surface area contributed by atoms with Crippen molar-refractivity contribution in [3.63, 3.8) is 0 Å². The van der Waals surface area contributed by atoms with Crippen LogP contribution in [0.5, 0.6) is 0 Å². The lowest BCUT2D eigenvalue weighted by Gasteiger charge is -2.40. The Morgan fingerprint density at radius 3 is 2.45 bits per heavy atom. The third kappa shape index (κ3) is 5.35. The van der Waals surface area contributed by atoms with Gasteiger partial charge in [0.2, 0.25) is 0 Å². The van der Waals surface area contributed by atoms with Gasteiger partial charge in [0, 0.05) is 23.1 Å². The van der Waals surface area contributed by atoms with E-state index in [0.717, 1.165) is 36.8 Å². The second-order valence-corrected chi connectivity index (χ2v) is 9.60. The number of carboxylic acids is 1. The van der Waals surface area contributed by atoms with E-state index in [-0.39, 0.29) is 29.0 Å².